The van der Waals surface area contributed by atoms with E-state index >= 15 is 0 Å². The number of rotatable bonds is 6. The monoisotopic (exact) mass is 350 g/mol. The lowest BCUT2D eigenvalue weighted by atomic mass is 10.1. The van der Waals surface area contributed by atoms with Gasteiger partial charge < -0.3 is 14.6 Å². The van der Waals surface area contributed by atoms with Crippen molar-refractivity contribution in [3.8, 4) is 5.75 Å². The van der Waals surface area contributed by atoms with Gasteiger partial charge in [0.2, 0.25) is 0 Å². The number of ether oxygens (including phenoxy) is 2. The van der Waals surface area contributed by atoms with Crippen LogP contribution in [0.15, 0.2) is 46.9 Å². The van der Waals surface area contributed by atoms with E-state index in [0.717, 1.165) is 15.6 Å². The summed E-state index contributed by atoms with van der Waals surface area (Å²) < 4.78 is 11.7. The maximum absolute atomic E-state index is 11.0. The van der Waals surface area contributed by atoms with Crippen LogP contribution in [0, 0.1) is 0 Å². The number of halogens is 1. The Morgan fingerprint density at radius 3 is 2.33 bits per heavy atom. The molecule has 4 nitrogen and oxygen atoms in total. The second-order valence-electron chi connectivity index (χ2n) is 4.46. The molecule has 1 N–H and O–H groups in total. The summed E-state index contributed by atoms with van der Waals surface area (Å²) in [4.78, 5) is 11.0. The van der Waals surface area contributed by atoms with Gasteiger partial charge in [-0.2, -0.15) is 0 Å². The zero-order valence-corrected chi connectivity index (χ0v) is 13.1. The molecular formula is C16H15BrO4. The smallest absolute Gasteiger partial charge is 0.339 e. The highest BCUT2D eigenvalue weighted by Crippen LogP contribution is 2.21. The number of hydrogen-bond donors (Lipinski definition) is 1. The molecule has 0 spiro atoms. The molecule has 0 radical (unpaired) electrons. The van der Waals surface area contributed by atoms with Crippen molar-refractivity contribution in [2.24, 2.45) is 0 Å². The molecule has 110 valence electrons. The SMILES string of the molecule is COc1cc(COCc2ccc(Br)cc2)ccc1C(=O)O. The Balaban J connectivity index is 1.97. The predicted molar refractivity (Wildman–Crippen MR) is 82.6 cm³/mol. The first-order valence-electron chi connectivity index (χ1n) is 6.32. The van der Waals surface area contributed by atoms with Crippen molar-refractivity contribution >= 4 is 21.9 Å². The molecule has 0 heterocycles. The summed E-state index contributed by atoms with van der Waals surface area (Å²) in [6, 6.07) is 12.8. The molecule has 2 aromatic rings. The van der Waals surface area contributed by atoms with E-state index in [1.165, 1.54) is 13.2 Å². The first-order chi connectivity index (χ1) is 10.1. The molecule has 0 amide bonds. The first-order valence-corrected chi connectivity index (χ1v) is 7.12. The molecular weight excluding hydrogens is 336 g/mol. The topological polar surface area (TPSA) is 55.8 Å². The van der Waals surface area contributed by atoms with Crippen LogP contribution in [-0.4, -0.2) is 18.2 Å². The molecule has 0 aliphatic carbocycles. The van der Waals surface area contributed by atoms with Crippen molar-refractivity contribution < 1.29 is 19.4 Å². The van der Waals surface area contributed by atoms with Gasteiger partial charge in [-0.3, -0.25) is 0 Å². The number of methoxy groups -OCH3 is 1. The number of benzene rings is 2. The fraction of sp³-hybridized carbons (Fsp3) is 0.188. The third-order valence-electron chi connectivity index (χ3n) is 2.95. The second kappa shape index (κ2) is 7.24. The highest BCUT2D eigenvalue weighted by molar-refractivity contribution is 9.10. The van der Waals surface area contributed by atoms with E-state index in [2.05, 4.69) is 15.9 Å². The number of hydrogen-bond acceptors (Lipinski definition) is 3. The van der Waals surface area contributed by atoms with E-state index in [0.29, 0.717) is 19.0 Å². The lowest BCUT2D eigenvalue weighted by Crippen LogP contribution is -2.02. The van der Waals surface area contributed by atoms with E-state index in [1.54, 1.807) is 12.1 Å². The molecule has 0 aliphatic rings. The van der Waals surface area contributed by atoms with Gasteiger partial charge in [-0.1, -0.05) is 34.1 Å². The highest BCUT2D eigenvalue weighted by Gasteiger charge is 2.11. The van der Waals surface area contributed by atoms with Gasteiger partial charge in [0.05, 0.1) is 20.3 Å². The van der Waals surface area contributed by atoms with Gasteiger partial charge in [-0.25, -0.2) is 4.79 Å². The lowest BCUT2D eigenvalue weighted by molar-refractivity contribution is 0.0693. The van der Waals surface area contributed by atoms with Crippen LogP contribution in [0.4, 0.5) is 0 Å². The third-order valence-corrected chi connectivity index (χ3v) is 3.48. The maximum atomic E-state index is 11.0. The minimum atomic E-state index is -1.01. The highest BCUT2D eigenvalue weighted by atomic mass is 79.9. The second-order valence-corrected chi connectivity index (χ2v) is 5.37. The summed E-state index contributed by atoms with van der Waals surface area (Å²) in [5.74, 6) is -0.665. The number of carboxylic acid groups (broad SMARTS) is 1. The van der Waals surface area contributed by atoms with Crippen LogP contribution in [0.2, 0.25) is 0 Å². The molecule has 0 saturated carbocycles. The van der Waals surface area contributed by atoms with Gasteiger partial charge in [0, 0.05) is 4.47 Å². The van der Waals surface area contributed by atoms with E-state index < -0.39 is 5.97 Å². The van der Waals surface area contributed by atoms with Crippen LogP contribution in [0.1, 0.15) is 21.5 Å². The number of carboxylic acids is 1. The zero-order valence-electron chi connectivity index (χ0n) is 11.5. The van der Waals surface area contributed by atoms with E-state index in [9.17, 15) is 4.79 Å². The van der Waals surface area contributed by atoms with Gasteiger partial charge in [-0.15, -0.1) is 0 Å². The minimum absolute atomic E-state index is 0.147. The van der Waals surface area contributed by atoms with Crippen LogP contribution >= 0.6 is 15.9 Å². The summed E-state index contributed by atoms with van der Waals surface area (Å²) in [5.41, 5.74) is 2.09. The molecule has 0 fully saturated rings. The van der Waals surface area contributed by atoms with Gasteiger partial charge in [0.15, 0.2) is 0 Å². The van der Waals surface area contributed by atoms with Crippen molar-refractivity contribution in [2.45, 2.75) is 13.2 Å². The van der Waals surface area contributed by atoms with Crippen LogP contribution in [0.3, 0.4) is 0 Å². The van der Waals surface area contributed by atoms with Gasteiger partial charge >= 0.3 is 5.97 Å². The summed E-state index contributed by atoms with van der Waals surface area (Å²) in [6.45, 7) is 0.891. The molecule has 0 aromatic heterocycles. The van der Waals surface area contributed by atoms with Crippen LogP contribution in [0.5, 0.6) is 5.75 Å². The maximum Gasteiger partial charge on any atom is 0.339 e. The zero-order chi connectivity index (χ0) is 15.2. The molecule has 0 unspecified atom stereocenters. The minimum Gasteiger partial charge on any atom is -0.496 e. The summed E-state index contributed by atoms with van der Waals surface area (Å²) in [6.07, 6.45) is 0. The van der Waals surface area contributed by atoms with Gasteiger partial charge in [0.1, 0.15) is 11.3 Å². The first kappa shape index (κ1) is 15.5. The van der Waals surface area contributed by atoms with Crippen molar-refractivity contribution in [3.63, 3.8) is 0 Å². The Labute approximate surface area is 131 Å². The molecule has 0 aliphatic heterocycles. The average molecular weight is 351 g/mol. The molecule has 2 aromatic carbocycles. The van der Waals surface area contributed by atoms with Crippen LogP contribution in [-0.2, 0) is 18.0 Å². The van der Waals surface area contributed by atoms with Crippen molar-refractivity contribution in [1.29, 1.82) is 0 Å². The summed E-state index contributed by atoms with van der Waals surface area (Å²) >= 11 is 3.38. The van der Waals surface area contributed by atoms with Gasteiger partial charge in [-0.05, 0) is 35.4 Å². The lowest BCUT2D eigenvalue weighted by Gasteiger charge is -2.09. The van der Waals surface area contributed by atoms with E-state index in [-0.39, 0.29) is 5.56 Å². The Kier molecular flexibility index (Phi) is 5.36. The van der Waals surface area contributed by atoms with Crippen molar-refractivity contribution in [2.75, 3.05) is 7.11 Å². The van der Waals surface area contributed by atoms with Crippen molar-refractivity contribution in [1.82, 2.24) is 0 Å². The van der Waals surface area contributed by atoms with E-state index in [4.69, 9.17) is 14.6 Å². The predicted octanol–water partition coefficient (Wildman–Crippen LogP) is 3.87. The fourth-order valence-corrected chi connectivity index (χ4v) is 2.13. The number of carbonyl (C=O) groups is 1. The molecule has 0 saturated heterocycles. The Morgan fingerprint density at radius 1 is 1.10 bits per heavy atom. The largest absolute Gasteiger partial charge is 0.496 e. The molecule has 5 heteroatoms. The standard InChI is InChI=1S/C16H15BrO4/c1-20-15-8-12(4-7-14(15)16(18)19)10-21-9-11-2-5-13(17)6-3-11/h2-8H,9-10H2,1H3,(H,18,19). The normalized spacial score (nSPS) is 10.4. The molecule has 2 rings (SSSR count). The Hall–Kier alpha value is -1.85. The number of aromatic carboxylic acids is 1. The summed E-state index contributed by atoms with van der Waals surface area (Å²) in [5, 5.41) is 9.02. The van der Waals surface area contributed by atoms with Crippen LogP contribution in [0.25, 0.3) is 0 Å². The van der Waals surface area contributed by atoms with Gasteiger partial charge in [0.25, 0.3) is 0 Å². The quantitative estimate of drug-likeness (QED) is 0.858. The molecule has 0 bridgehead atoms. The average Bonchev–Trinajstić information content (AvgIpc) is 2.49. The molecule has 0 atom stereocenters. The third kappa shape index (κ3) is 4.31. The van der Waals surface area contributed by atoms with Crippen molar-refractivity contribution in [3.05, 3.63) is 63.6 Å². The molecule has 21 heavy (non-hydrogen) atoms. The van der Waals surface area contributed by atoms with E-state index in [1.807, 2.05) is 24.3 Å². The summed E-state index contributed by atoms with van der Waals surface area (Å²) in [7, 11) is 1.45. The Bertz CT molecular complexity index is 623. The van der Waals surface area contributed by atoms with Crippen LogP contribution < -0.4 is 4.74 Å². The Morgan fingerprint density at radius 2 is 1.71 bits per heavy atom. The fourth-order valence-electron chi connectivity index (χ4n) is 1.87.